The molecule has 4 aromatic rings. The Morgan fingerprint density at radius 3 is 1.44 bits per heavy atom. The van der Waals surface area contributed by atoms with Gasteiger partial charge in [-0.15, -0.1) is 5.75 Å². The maximum atomic E-state index is 11.8. The third-order valence-electron chi connectivity index (χ3n) is 8.87. The van der Waals surface area contributed by atoms with Gasteiger partial charge in [0.2, 0.25) is 0 Å². The van der Waals surface area contributed by atoms with E-state index in [4.69, 9.17) is 9.47 Å². The standard InChI is InChI=1S/2C21H28O5S.Ca/c2*1-2-3-4-5-6-7-8-13-19-20(14-10-15-21(19)27(23,24)25)26-18-12-9-11-17(22)16-18;/h2*9-12,14-16,22H,2-8,13H2,1H3,(H,23,24,25);/q;;+2/p-2. The summed E-state index contributed by atoms with van der Waals surface area (Å²) in [7, 11) is -8.94. The Bertz CT molecular complexity index is 1810. The first-order chi connectivity index (χ1) is 25.8. The van der Waals surface area contributed by atoms with Crippen LogP contribution in [0.5, 0.6) is 34.5 Å². The number of phenols is 1. The van der Waals surface area contributed by atoms with E-state index in [1.807, 2.05) is 0 Å². The molecule has 0 radical (unpaired) electrons. The Kier molecular flexibility index (Phi) is 22.3. The van der Waals surface area contributed by atoms with Crippen molar-refractivity contribution >= 4 is 58.0 Å². The Morgan fingerprint density at radius 2 is 0.982 bits per heavy atom. The SMILES string of the molecule is CCCCCCCCCc1c(Oc2cccc(O)c2)cccc1S(=O)(=O)O.CCCCCCCCCc1c(Oc2cccc([O-])c2)cccc1S(=O)(=O)[O-].[Ca+2]. The maximum Gasteiger partial charge on any atom is 2.00 e. The zero-order valence-electron chi connectivity index (χ0n) is 32.1. The Balaban J connectivity index is 0.000000373. The number of phenolic OH excluding ortho intramolecular Hbond substituents is 1. The van der Waals surface area contributed by atoms with E-state index in [1.54, 1.807) is 36.4 Å². The molecule has 10 nitrogen and oxygen atoms in total. The number of rotatable bonds is 22. The quantitative estimate of drug-likeness (QED) is 0.0441. The molecule has 0 heterocycles. The molecular weight excluding hydrogens is 769 g/mol. The molecule has 0 spiro atoms. The second-order valence-corrected chi connectivity index (χ2v) is 16.1. The molecular formula is C42H54CaO10S2. The van der Waals surface area contributed by atoms with Crippen LogP contribution in [0.4, 0.5) is 0 Å². The van der Waals surface area contributed by atoms with Crippen LogP contribution in [0.25, 0.3) is 0 Å². The Labute approximate surface area is 357 Å². The van der Waals surface area contributed by atoms with Gasteiger partial charge < -0.3 is 24.2 Å². The van der Waals surface area contributed by atoms with Crippen LogP contribution in [0.15, 0.2) is 94.7 Å². The predicted octanol–water partition coefficient (Wildman–Crippen LogP) is 10.1. The van der Waals surface area contributed by atoms with E-state index in [-0.39, 0.29) is 59.0 Å². The molecule has 0 unspecified atom stereocenters. The largest absolute Gasteiger partial charge is 2.00 e. The number of benzene rings is 4. The van der Waals surface area contributed by atoms with E-state index in [1.165, 1.54) is 93.5 Å². The second kappa shape index (κ2) is 25.4. The molecule has 0 aliphatic heterocycles. The van der Waals surface area contributed by atoms with E-state index in [0.717, 1.165) is 44.9 Å². The molecule has 55 heavy (non-hydrogen) atoms. The van der Waals surface area contributed by atoms with Gasteiger partial charge in [-0.25, -0.2) is 8.42 Å². The fourth-order valence-corrected chi connectivity index (χ4v) is 7.62. The molecule has 0 fully saturated rings. The van der Waals surface area contributed by atoms with Crippen molar-refractivity contribution in [2.75, 3.05) is 0 Å². The van der Waals surface area contributed by atoms with Gasteiger partial charge in [-0.05, 0) is 74.2 Å². The minimum Gasteiger partial charge on any atom is -0.872 e. The van der Waals surface area contributed by atoms with Crippen molar-refractivity contribution in [2.24, 2.45) is 0 Å². The van der Waals surface area contributed by atoms with Crippen LogP contribution in [0, 0.1) is 0 Å². The van der Waals surface area contributed by atoms with Gasteiger partial charge in [0.05, 0.1) is 4.90 Å². The van der Waals surface area contributed by atoms with Gasteiger partial charge in [0, 0.05) is 17.2 Å². The van der Waals surface area contributed by atoms with E-state index in [9.17, 15) is 36.2 Å². The normalized spacial score (nSPS) is 11.3. The molecule has 0 aliphatic rings. The van der Waals surface area contributed by atoms with E-state index in [0.29, 0.717) is 47.0 Å². The number of aromatic hydroxyl groups is 1. The molecule has 2 N–H and O–H groups in total. The van der Waals surface area contributed by atoms with Crippen molar-refractivity contribution in [1.82, 2.24) is 0 Å². The maximum absolute atomic E-state index is 11.8. The average molecular weight is 823 g/mol. The Hall–Kier alpha value is -2.84. The first-order valence-corrected chi connectivity index (χ1v) is 21.8. The van der Waals surface area contributed by atoms with E-state index < -0.39 is 20.2 Å². The summed E-state index contributed by atoms with van der Waals surface area (Å²) in [6.45, 7) is 4.35. The summed E-state index contributed by atoms with van der Waals surface area (Å²) < 4.78 is 79.6. The smallest absolute Gasteiger partial charge is 0.872 e. The van der Waals surface area contributed by atoms with Crippen molar-refractivity contribution in [3.05, 3.63) is 96.1 Å². The van der Waals surface area contributed by atoms with Gasteiger partial charge >= 0.3 is 37.7 Å². The topological polar surface area (TPSA) is 173 Å². The van der Waals surface area contributed by atoms with Crippen molar-refractivity contribution in [3.8, 4) is 34.5 Å². The summed E-state index contributed by atoms with van der Waals surface area (Å²) in [5.41, 5.74) is 0.856. The first kappa shape index (κ1) is 48.3. The molecule has 0 atom stereocenters. The number of hydrogen-bond donors (Lipinski definition) is 2. The van der Waals surface area contributed by atoms with Crippen LogP contribution >= 0.6 is 0 Å². The zero-order valence-corrected chi connectivity index (χ0v) is 35.9. The molecule has 4 rings (SSSR count). The van der Waals surface area contributed by atoms with Crippen LogP contribution < -0.4 is 14.6 Å². The van der Waals surface area contributed by atoms with Crippen LogP contribution in [0.3, 0.4) is 0 Å². The zero-order chi connectivity index (χ0) is 39.4. The van der Waals surface area contributed by atoms with Crippen LogP contribution in [0.1, 0.15) is 115 Å². The number of hydrogen-bond acceptors (Lipinski definition) is 9. The van der Waals surface area contributed by atoms with Crippen LogP contribution in [-0.4, -0.2) is 68.8 Å². The van der Waals surface area contributed by atoms with E-state index >= 15 is 0 Å². The second-order valence-electron chi connectivity index (χ2n) is 13.3. The summed E-state index contributed by atoms with van der Waals surface area (Å²) in [6.07, 6.45) is 16.3. The minimum atomic E-state index is -4.60. The van der Waals surface area contributed by atoms with Gasteiger partial charge in [0.15, 0.2) is 0 Å². The molecule has 0 bridgehead atoms. The Morgan fingerprint density at radius 1 is 0.564 bits per heavy atom. The molecule has 0 amide bonds. The van der Waals surface area contributed by atoms with Crippen molar-refractivity contribution in [1.29, 1.82) is 0 Å². The first-order valence-electron chi connectivity index (χ1n) is 18.9. The fourth-order valence-electron chi connectivity index (χ4n) is 6.11. The van der Waals surface area contributed by atoms with Crippen molar-refractivity contribution in [3.63, 3.8) is 0 Å². The molecule has 0 aromatic heterocycles. The third-order valence-corrected chi connectivity index (χ3v) is 10.7. The predicted molar refractivity (Wildman–Crippen MR) is 214 cm³/mol. The number of unbranched alkanes of at least 4 members (excludes halogenated alkanes) is 12. The summed E-state index contributed by atoms with van der Waals surface area (Å²) >= 11 is 0. The molecule has 296 valence electrons. The number of ether oxygens (including phenoxy) is 2. The van der Waals surface area contributed by atoms with Crippen molar-refractivity contribution < 1.29 is 45.6 Å². The van der Waals surface area contributed by atoms with Crippen molar-refractivity contribution in [2.45, 2.75) is 126 Å². The molecule has 13 heteroatoms. The average Bonchev–Trinajstić information content (AvgIpc) is 3.11. The monoisotopic (exact) mass is 822 g/mol. The van der Waals surface area contributed by atoms with E-state index in [2.05, 4.69) is 13.8 Å². The van der Waals surface area contributed by atoms with Crippen LogP contribution in [-0.2, 0) is 33.1 Å². The molecule has 0 saturated carbocycles. The minimum absolute atomic E-state index is 0. The summed E-state index contributed by atoms with van der Waals surface area (Å²) in [5, 5.41) is 21.1. The molecule has 0 aliphatic carbocycles. The summed E-state index contributed by atoms with van der Waals surface area (Å²) in [5.74, 6) is 1.28. The van der Waals surface area contributed by atoms with Gasteiger partial charge in [0.1, 0.15) is 43.8 Å². The van der Waals surface area contributed by atoms with Gasteiger partial charge in [-0.3, -0.25) is 4.55 Å². The third kappa shape index (κ3) is 17.9. The summed E-state index contributed by atoms with van der Waals surface area (Å²) in [6, 6.07) is 21.3. The fraction of sp³-hybridized carbons (Fsp3) is 0.429. The van der Waals surface area contributed by atoms with Crippen LogP contribution in [0.2, 0.25) is 0 Å². The molecule has 4 aromatic carbocycles. The summed E-state index contributed by atoms with van der Waals surface area (Å²) in [4.78, 5) is -0.365. The van der Waals surface area contributed by atoms with Gasteiger partial charge in [0.25, 0.3) is 10.1 Å². The molecule has 0 saturated heterocycles. The van der Waals surface area contributed by atoms with Gasteiger partial charge in [-0.1, -0.05) is 121 Å². The van der Waals surface area contributed by atoms with Gasteiger partial charge in [-0.2, -0.15) is 8.42 Å².